The third kappa shape index (κ3) is 2.94. The van der Waals surface area contributed by atoms with Crippen LogP contribution in [-0.2, 0) is 9.84 Å². The summed E-state index contributed by atoms with van der Waals surface area (Å²) in [6.07, 6.45) is 5.63. The molecule has 4 rings (SSSR count). The highest BCUT2D eigenvalue weighted by molar-refractivity contribution is 7.91. The Morgan fingerprint density at radius 1 is 1.35 bits per heavy atom. The van der Waals surface area contributed by atoms with E-state index in [9.17, 15) is 8.42 Å². The van der Waals surface area contributed by atoms with Crippen LogP contribution < -0.4 is 10.7 Å². The molecule has 10 heteroatoms. The molecule has 26 heavy (non-hydrogen) atoms. The van der Waals surface area contributed by atoms with Crippen LogP contribution in [0.1, 0.15) is 18.5 Å². The van der Waals surface area contributed by atoms with Gasteiger partial charge in [-0.1, -0.05) is 11.6 Å². The van der Waals surface area contributed by atoms with Gasteiger partial charge in [0.05, 0.1) is 46.5 Å². The minimum absolute atomic E-state index is 0.0718. The number of hydrogen-bond donors (Lipinski definition) is 2. The number of aromatic nitrogens is 2. The number of rotatable bonds is 3. The molecule has 0 radical (unpaired) electrons. The number of benzene rings is 1. The van der Waals surface area contributed by atoms with Crippen molar-refractivity contribution in [2.75, 3.05) is 36.0 Å². The lowest BCUT2D eigenvalue weighted by Crippen LogP contribution is -2.44. The Morgan fingerprint density at radius 2 is 2.08 bits per heavy atom. The lowest BCUT2D eigenvalue weighted by atomic mass is 10.0. The molecule has 2 aliphatic heterocycles. The minimum Gasteiger partial charge on any atom is -0.367 e. The van der Waals surface area contributed by atoms with Crippen molar-refractivity contribution >= 4 is 38.0 Å². The van der Waals surface area contributed by atoms with Crippen molar-refractivity contribution in [2.45, 2.75) is 13.0 Å². The number of anilines is 1. The minimum atomic E-state index is -2.97. The van der Waals surface area contributed by atoms with Gasteiger partial charge in [-0.05, 0) is 19.1 Å². The second kappa shape index (κ2) is 6.41. The average molecular weight is 397 g/mol. The summed E-state index contributed by atoms with van der Waals surface area (Å²) in [5, 5.41) is 12.2. The fourth-order valence-corrected chi connectivity index (χ4v) is 5.07. The molecule has 1 saturated heterocycles. The summed E-state index contributed by atoms with van der Waals surface area (Å²) in [4.78, 5) is 2.10. The number of nitrogens with zero attached hydrogens (tertiary/aromatic N) is 4. The van der Waals surface area contributed by atoms with Gasteiger partial charge < -0.3 is 4.90 Å². The molecule has 0 saturated carbocycles. The molecule has 1 unspecified atom stereocenters. The van der Waals surface area contributed by atoms with Crippen molar-refractivity contribution in [1.29, 1.82) is 0 Å². The molecular formula is C16H21ClN6O2S. The van der Waals surface area contributed by atoms with Gasteiger partial charge in [0.15, 0.2) is 9.84 Å². The standard InChI is InChI=1S/C16H21ClN6O2S/c1-11(22-3-2-4-23(22)18)12-9-14(17)13-10-19-20-15(13)16(12)21-5-7-26(24,25)8-6-21/h2-3,9-11H,4-8,18H2,1H3,(H,19,20). The van der Waals surface area contributed by atoms with Gasteiger partial charge in [0.1, 0.15) is 0 Å². The van der Waals surface area contributed by atoms with E-state index in [0.717, 1.165) is 22.2 Å². The molecule has 140 valence electrons. The summed E-state index contributed by atoms with van der Waals surface area (Å²) in [6, 6.07) is 1.86. The normalized spacial score (nSPS) is 21.7. The molecule has 0 aliphatic carbocycles. The van der Waals surface area contributed by atoms with Crippen LogP contribution in [0.2, 0.25) is 5.02 Å². The summed E-state index contributed by atoms with van der Waals surface area (Å²) in [7, 11) is -2.97. The molecule has 0 bridgehead atoms. The van der Waals surface area contributed by atoms with Crippen LogP contribution in [0, 0.1) is 0 Å². The molecule has 0 spiro atoms. The zero-order chi connectivity index (χ0) is 18.5. The Bertz CT molecular complexity index is 959. The molecule has 3 N–H and O–H groups in total. The van der Waals surface area contributed by atoms with E-state index in [-0.39, 0.29) is 17.5 Å². The van der Waals surface area contributed by atoms with Crippen LogP contribution in [0.25, 0.3) is 10.9 Å². The van der Waals surface area contributed by atoms with Crippen molar-refractivity contribution in [3.63, 3.8) is 0 Å². The molecule has 3 heterocycles. The summed E-state index contributed by atoms with van der Waals surface area (Å²) >= 11 is 6.49. The van der Waals surface area contributed by atoms with Gasteiger partial charge >= 0.3 is 0 Å². The Morgan fingerprint density at radius 3 is 2.73 bits per heavy atom. The monoisotopic (exact) mass is 396 g/mol. The number of hydrogen-bond acceptors (Lipinski definition) is 7. The first-order valence-electron chi connectivity index (χ1n) is 8.45. The number of H-pyrrole nitrogens is 1. The van der Waals surface area contributed by atoms with E-state index in [0.29, 0.717) is 24.7 Å². The summed E-state index contributed by atoms with van der Waals surface area (Å²) in [5.41, 5.74) is 2.75. The number of sulfone groups is 1. The maximum Gasteiger partial charge on any atom is 0.153 e. The van der Waals surface area contributed by atoms with E-state index < -0.39 is 9.84 Å². The van der Waals surface area contributed by atoms with Crippen molar-refractivity contribution < 1.29 is 8.42 Å². The van der Waals surface area contributed by atoms with Gasteiger partial charge in [-0.2, -0.15) is 10.2 Å². The van der Waals surface area contributed by atoms with E-state index in [4.69, 9.17) is 17.4 Å². The Balaban J connectivity index is 1.82. The van der Waals surface area contributed by atoms with Gasteiger partial charge in [0.25, 0.3) is 0 Å². The molecule has 2 aliphatic rings. The third-order valence-electron chi connectivity index (χ3n) is 5.04. The number of nitrogens with two attached hydrogens (primary N) is 1. The van der Waals surface area contributed by atoms with E-state index in [2.05, 4.69) is 15.1 Å². The summed E-state index contributed by atoms with van der Waals surface area (Å²) in [5.74, 6) is 6.35. The zero-order valence-electron chi connectivity index (χ0n) is 14.4. The second-order valence-corrected chi connectivity index (χ2v) is 9.37. The SMILES string of the molecule is CC(c1cc(Cl)c2cn[nH]c2c1N1CCS(=O)(=O)CC1)N1C=CCN1N. The molecular weight excluding hydrogens is 376 g/mol. The first-order chi connectivity index (χ1) is 12.4. The molecule has 1 atom stereocenters. The molecule has 2 aromatic rings. The molecule has 0 amide bonds. The Kier molecular flexibility index (Phi) is 4.34. The average Bonchev–Trinajstić information content (AvgIpc) is 3.24. The van der Waals surface area contributed by atoms with E-state index in [1.165, 1.54) is 0 Å². The smallest absolute Gasteiger partial charge is 0.153 e. The first kappa shape index (κ1) is 17.6. The number of fused-ring (bicyclic) bond motifs is 1. The number of aromatic amines is 1. The van der Waals surface area contributed by atoms with Gasteiger partial charge in [-0.3, -0.25) is 16.0 Å². The van der Waals surface area contributed by atoms with Crippen LogP contribution >= 0.6 is 11.6 Å². The summed E-state index contributed by atoms with van der Waals surface area (Å²) in [6.45, 7) is 3.58. The zero-order valence-corrected chi connectivity index (χ0v) is 16.0. The molecule has 1 aromatic heterocycles. The molecule has 1 aromatic carbocycles. The summed E-state index contributed by atoms with van der Waals surface area (Å²) < 4.78 is 23.7. The quantitative estimate of drug-likeness (QED) is 0.757. The predicted molar refractivity (Wildman–Crippen MR) is 102 cm³/mol. The van der Waals surface area contributed by atoms with E-state index in [1.54, 1.807) is 11.3 Å². The fourth-order valence-electron chi connectivity index (χ4n) is 3.61. The van der Waals surface area contributed by atoms with Crippen molar-refractivity contribution in [2.24, 2.45) is 5.84 Å². The largest absolute Gasteiger partial charge is 0.367 e. The van der Waals surface area contributed by atoms with Gasteiger partial charge in [0.2, 0.25) is 0 Å². The van der Waals surface area contributed by atoms with Crippen LogP contribution in [0.15, 0.2) is 24.5 Å². The van der Waals surface area contributed by atoms with Crippen LogP contribution in [0.4, 0.5) is 5.69 Å². The van der Waals surface area contributed by atoms with Gasteiger partial charge in [0, 0.05) is 30.2 Å². The highest BCUT2D eigenvalue weighted by atomic mass is 35.5. The van der Waals surface area contributed by atoms with E-state index >= 15 is 0 Å². The van der Waals surface area contributed by atoms with Gasteiger partial charge in [-0.25, -0.2) is 8.42 Å². The first-order valence-corrected chi connectivity index (χ1v) is 10.7. The third-order valence-corrected chi connectivity index (χ3v) is 6.97. The van der Waals surface area contributed by atoms with Crippen LogP contribution in [0.5, 0.6) is 0 Å². The number of nitrogens with one attached hydrogen (secondary N) is 1. The van der Waals surface area contributed by atoms with Crippen molar-refractivity contribution in [3.05, 3.63) is 35.1 Å². The van der Waals surface area contributed by atoms with E-state index in [1.807, 2.05) is 30.3 Å². The maximum absolute atomic E-state index is 11.9. The topological polar surface area (TPSA) is 98.6 Å². The number of halogens is 1. The van der Waals surface area contributed by atoms with Crippen molar-refractivity contribution in [3.8, 4) is 0 Å². The number of hydrazine groups is 2. The second-order valence-electron chi connectivity index (χ2n) is 6.66. The highest BCUT2D eigenvalue weighted by Crippen LogP contribution is 2.40. The molecule has 8 nitrogen and oxygen atoms in total. The Hall–Kier alpha value is -1.81. The van der Waals surface area contributed by atoms with Crippen LogP contribution in [-0.4, -0.2) is 59.9 Å². The molecule has 1 fully saturated rings. The maximum atomic E-state index is 11.9. The highest BCUT2D eigenvalue weighted by Gasteiger charge is 2.30. The van der Waals surface area contributed by atoms with Crippen LogP contribution in [0.3, 0.4) is 0 Å². The fraction of sp³-hybridized carbons (Fsp3) is 0.438. The lowest BCUT2D eigenvalue weighted by Gasteiger charge is -2.36. The van der Waals surface area contributed by atoms with Crippen molar-refractivity contribution in [1.82, 2.24) is 20.3 Å². The lowest BCUT2D eigenvalue weighted by molar-refractivity contribution is 0.0159. The predicted octanol–water partition coefficient (Wildman–Crippen LogP) is 1.43. The van der Waals surface area contributed by atoms with Gasteiger partial charge in [-0.15, -0.1) is 0 Å². The Labute approximate surface area is 157 Å².